The van der Waals surface area contributed by atoms with Crippen LogP contribution in [0.15, 0.2) is 12.4 Å². The Morgan fingerprint density at radius 3 is 3.00 bits per heavy atom. The van der Waals surface area contributed by atoms with Crippen molar-refractivity contribution in [2.45, 2.75) is 25.8 Å². The predicted octanol–water partition coefficient (Wildman–Crippen LogP) is 0.665. The zero-order chi connectivity index (χ0) is 13.7. The van der Waals surface area contributed by atoms with E-state index < -0.39 is 0 Å². The summed E-state index contributed by atoms with van der Waals surface area (Å²) in [4.78, 5) is 28.7. The second-order valence-electron chi connectivity index (χ2n) is 4.51. The summed E-state index contributed by atoms with van der Waals surface area (Å²) in [5, 5.41) is 3.11. The van der Waals surface area contributed by atoms with Gasteiger partial charge < -0.3 is 14.8 Å². The van der Waals surface area contributed by atoms with Gasteiger partial charge in [-0.3, -0.25) is 9.59 Å². The third-order valence-electron chi connectivity index (χ3n) is 3.08. The average molecular weight is 285 g/mol. The van der Waals surface area contributed by atoms with E-state index in [9.17, 15) is 9.59 Å². The summed E-state index contributed by atoms with van der Waals surface area (Å²) < 4.78 is 1.57. The number of likely N-dealkylation sites (tertiary alicyclic amines) is 1. The first-order valence-electron chi connectivity index (χ1n) is 6.38. The molecule has 2 rings (SSSR count). The summed E-state index contributed by atoms with van der Waals surface area (Å²) >= 11 is 5.78. The minimum absolute atomic E-state index is 0.104. The van der Waals surface area contributed by atoms with Crippen LogP contribution >= 0.6 is 11.6 Å². The number of carbonyl (C=O) groups is 2. The molecule has 1 aromatic heterocycles. The Balaban J connectivity index is 1.62. The molecule has 1 fully saturated rings. The van der Waals surface area contributed by atoms with Gasteiger partial charge in [0.05, 0.1) is 0 Å². The lowest BCUT2D eigenvalue weighted by atomic mass is 10.4. The van der Waals surface area contributed by atoms with E-state index in [1.807, 2.05) is 4.90 Å². The number of imidazole rings is 1. The van der Waals surface area contributed by atoms with Crippen LogP contribution in [-0.4, -0.2) is 45.9 Å². The maximum Gasteiger partial charge on any atom is 0.240 e. The Hall–Kier alpha value is -1.56. The molecule has 0 aromatic carbocycles. The van der Waals surface area contributed by atoms with E-state index in [1.165, 1.54) is 0 Å². The van der Waals surface area contributed by atoms with Crippen LogP contribution in [0.5, 0.6) is 0 Å². The van der Waals surface area contributed by atoms with Crippen LogP contribution in [0.2, 0.25) is 5.28 Å². The molecule has 1 saturated heterocycles. The molecule has 0 unspecified atom stereocenters. The van der Waals surface area contributed by atoms with Crippen LogP contribution in [0.25, 0.3) is 0 Å². The fourth-order valence-corrected chi connectivity index (χ4v) is 2.25. The molecule has 104 valence electrons. The maximum absolute atomic E-state index is 11.6. The number of halogens is 1. The summed E-state index contributed by atoms with van der Waals surface area (Å²) in [6, 6.07) is 0. The molecule has 0 radical (unpaired) electrons. The minimum Gasteiger partial charge on any atom is -0.354 e. The van der Waals surface area contributed by atoms with Gasteiger partial charge in [0, 0.05) is 38.4 Å². The van der Waals surface area contributed by atoms with Gasteiger partial charge in [-0.15, -0.1) is 0 Å². The predicted molar refractivity (Wildman–Crippen MR) is 70.7 cm³/mol. The number of carbonyl (C=O) groups excluding carboxylic acids is 2. The molecule has 0 atom stereocenters. The van der Waals surface area contributed by atoms with Gasteiger partial charge in [-0.1, -0.05) is 0 Å². The number of nitrogens with one attached hydrogen (secondary N) is 1. The molecule has 1 aliphatic rings. The van der Waals surface area contributed by atoms with E-state index in [4.69, 9.17) is 11.6 Å². The first-order chi connectivity index (χ1) is 9.16. The van der Waals surface area contributed by atoms with Gasteiger partial charge >= 0.3 is 0 Å². The number of aromatic nitrogens is 2. The quantitative estimate of drug-likeness (QED) is 0.781. The average Bonchev–Trinajstić information content (AvgIpc) is 2.95. The van der Waals surface area contributed by atoms with E-state index in [0.29, 0.717) is 24.8 Å². The molecule has 1 N–H and O–H groups in total. The van der Waals surface area contributed by atoms with E-state index in [2.05, 4.69) is 10.3 Å². The fraction of sp³-hybridized carbons (Fsp3) is 0.583. The Morgan fingerprint density at radius 2 is 2.37 bits per heavy atom. The summed E-state index contributed by atoms with van der Waals surface area (Å²) in [7, 11) is 0. The number of hydrogen-bond acceptors (Lipinski definition) is 3. The van der Waals surface area contributed by atoms with Crippen molar-refractivity contribution in [2.75, 3.05) is 19.6 Å². The summed E-state index contributed by atoms with van der Waals surface area (Å²) in [6.07, 6.45) is 5.59. The second kappa shape index (κ2) is 6.56. The number of rotatable bonds is 6. The van der Waals surface area contributed by atoms with Gasteiger partial charge in [-0.25, -0.2) is 4.98 Å². The normalized spacial score (nSPS) is 15.0. The van der Waals surface area contributed by atoms with E-state index in [0.717, 1.165) is 19.4 Å². The molecule has 0 bridgehead atoms. The number of nitrogens with zero attached hydrogens (tertiary/aromatic N) is 3. The lowest BCUT2D eigenvalue weighted by molar-refractivity contribution is -0.127. The van der Waals surface area contributed by atoms with Crippen LogP contribution < -0.4 is 5.32 Å². The van der Waals surface area contributed by atoms with E-state index in [1.54, 1.807) is 17.0 Å². The molecule has 2 amide bonds. The van der Waals surface area contributed by atoms with Crippen molar-refractivity contribution in [3.8, 4) is 0 Å². The summed E-state index contributed by atoms with van der Waals surface area (Å²) in [6.45, 7) is 2.29. The second-order valence-corrected chi connectivity index (χ2v) is 4.85. The summed E-state index contributed by atoms with van der Waals surface area (Å²) in [5.41, 5.74) is 0. The lowest BCUT2D eigenvalue weighted by Gasteiger charge is -2.15. The highest BCUT2D eigenvalue weighted by atomic mass is 35.5. The molecule has 0 aliphatic carbocycles. The molecule has 1 aromatic rings. The molecular formula is C12H17ClN4O2. The van der Waals surface area contributed by atoms with Crippen LogP contribution in [0, 0.1) is 0 Å². The molecule has 0 saturated carbocycles. The van der Waals surface area contributed by atoms with Gasteiger partial charge in [0.15, 0.2) is 0 Å². The van der Waals surface area contributed by atoms with Crippen molar-refractivity contribution in [3.05, 3.63) is 17.7 Å². The Labute approximate surface area is 116 Å². The van der Waals surface area contributed by atoms with Crippen LogP contribution in [0.3, 0.4) is 0 Å². The van der Waals surface area contributed by atoms with Crippen molar-refractivity contribution in [2.24, 2.45) is 0 Å². The van der Waals surface area contributed by atoms with E-state index >= 15 is 0 Å². The Bertz CT molecular complexity index is 460. The van der Waals surface area contributed by atoms with Crippen LogP contribution in [0.4, 0.5) is 0 Å². The monoisotopic (exact) mass is 284 g/mol. The fourth-order valence-electron chi connectivity index (χ4n) is 2.08. The molecule has 2 heterocycles. The van der Waals surface area contributed by atoms with Crippen LogP contribution in [0.1, 0.15) is 19.3 Å². The topological polar surface area (TPSA) is 67.2 Å². The molecule has 19 heavy (non-hydrogen) atoms. The third kappa shape index (κ3) is 3.96. The van der Waals surface area contributed by atoms with Gasteiger partial charge in [0.1, 0.15) is 6.54 Å². The maximum atomic E-state index is 11.6. The van der Waals surface area contributed by atoms with Crippen molar-refractivity contribution in [3.63, 3.8) is 0 Å². The molecule has 6 nitrogen and oxygen atoms in total. The molecule has 7 heteroatoms. The largest absolute Gasteiger partial charge is 0.354 e. The highest BCUT2D eigenvalue weighted by molar-refractivity contribution is 6.28. The first kappa shape index (κ1) is 13.9. The van der Waals surface area contributed by atoms with Crippen LogP contribution in [-0.2, 0) is 16.1 Å². The Kier molecular flexibility index (Phi) is 4.79. The van der Waals surface area contributed by atoms with Gasteiger partial charge in [0.25, 0.3) is 0 Å². The standard InChI is InChI=1S/C12H17ClN4O2/c13-12-15-5-8-17(12)9-10(18)14-4-2-7-16-6-1-3-11(16)19/h5,8H,1-4,6-7,9H2,(H,14,18). The minimum atomic E-state index is -0.104. The molecular weight excluding hydrogens is 268 g/mol. The zero-order valence-corrected chi connectivity index (χ0v) is 11.4. The third-order valence-corrected chi connectivity index (χ3v) is 3.39. The first-order valence-corrected chi connectivity index (χ1v) is 6.76. The van der Waals surface area contributed by atoms with Crippen molar-refractivity contribution in [1.29, 1.82) is 0 Å². The van der Waals surface area contributed by atoms with Crippen molar-refractivity contribution in [1.82, 2.24) is 19.8 Å². The van der Waals surface area contributed by atoms with E-state index in [-0.39, 0.29) is 18.4 Å². The zero-order valence-electron chi connectivity index (χ0n) is 10.6. The highest BCUT2D eigenvalue weighted by Gasteiger charge is 2.18. The van der Waals surface area contributed by atoms with Gasteiger partial charge in [0.2, 0.25) is 17.1 Å². The SMILES string of the molecule is O=C(Cn1ccnc1Cl)NCCCN1CCCC1=O. The van der Waals surface area contributed by atoms with Crippen molar-refractivity contribution < 1.29 is 9.59 Å². The number of hydrogen-bond donors (Lipinski definition) is 1. The lowest BCUT2D eigenvalue weighted by Crippen LogP contribution is -2.32. The molecule has 0 spiro atoms. The van der Waals surface area contributed by atoms with Gasteiger partial charge in [-0.2, -0.15) is 0 Å². The van der Waals surface area contributed by atoms with Crippen molar-refractivity contribution >= 4 is 23.4 Å². The number of amides is 2. The highest BCUT2D eigenvalue weighted by Crippen LogP contribution is 2.09. The smallest absolute Gasteiger partial charge is 0.240 e. The van der Waals surface area contributed by atoms with Gasteiger partial charge in [-0.05, 0) is 24.4 Å². The molecule has 1 aliphatic heterocycles. The Morgan fingerprint density at radius 1 is 1.53 bits per heavy atom. The summed E-state index contributed by atoms with van der Waals surface area (Å²) in [5.74, 6) is 0.115.